The fourth-order valence-corrected chi connectivity index (χ4v) is 4.54. The summed E-state index contributed by atoms with van der Waals surface area (Å²) in [6.45, 7) is 6.56. The number of hydrogen-bond donors (Lipinski definition) is 2. The van der Waals surface area contributed by atoms with Crippen molar-refractivity contribution in [2.45, 2.75) is 24.3 Å². The molecule has 8 heteroatoms. The normalized spacial score (nSPS) is 26.1. The summed E-state index contributed by atoms with van der Waals surface area (Å²) in [6, 6.07) is 0.565. The standard InChI is InChI=1S/C12H21N5O2S/c1-10-12(9-14-15-10)20(18,19)17-6-4-16(5-7-17)11-2-3-13-8-11/h9,11,13H,2-8H2,1H3,(H,14,15). The Bertz CT molecular complexity index is 556. The van der Waals surface area contributed by atoms with Crippen LogP contribution in [0, 0.1) is 6.92 Å². The summed E-state index contributed by atoms with van der Waals surface area (Å²) in [7, 11) is -3.40. The van der Waals surface area contributed by atoms with E-state index in [2.05, 4.69) is 20.4 Å². The van der Waals surface area contributed by atoms with Crippen LogP contribution in [0.2, 0.25) is 0 Å². The van der Waals surface area contributed by atoms with Gasteiger partial charge in [0.05, 0.1) is 11.9 Å². The summed E-state index contributed by atoms with van der Waals surface area (Å²) < 4.78 is 26.6. The Morgan fingerprint density at radius 1 is 1.30 bits per heavy atom. The van der Waals surface area contributed by atoms with E-state index in [4.69, 9.17) is 0 Å². The minimum atomic E-state index is -3.40. The summed E-state index contributed by atoms with van der Waals surface area (Å²) in [5, 5.41) is 9.86. The van der Waals surface area contributed by atoms with Gasteiger partial charge in [0.1, 0.15) is 4.90 Å². The summed E-state index contributed by atoms with van der Waals surface area (Å²) in [6.07, 6.45) is 2.56. The topological polar surface area (TPSA) is 81.3 Å². The highest BCUT2D eigenvalue weighted by Crippen LogP contribution is 2.20. The molecule has 3 rings (SSSR count). The Hall–Kier alpha value is -0.960. The maximum absolute atomic E-state index is 12.5. The van der Waals surface area contributed by atoms with E-state index in [0.29, 0.717) is 29.7 Å². The Kier molecular flexibility index (Phi) is 3.80. The van der Waals surface area contributed by atoms with Crippen LogP contribution in [-0.2, 0) is 10.0 Å². The van der Waals surface area contributed by atoms with Gasteiger partial charge >= 0.3 is 0 Å². The van der Waals surface area contributed by atoms with E-state index in [1.807, 2.05) is 0 Å². The second-order valence-corrected chi connectivity index (χ2v) is 7.35. The molecular weight excluding hydrogens is 278 g/mol. The van der Waals surface area contributed by atoms with E-state index in [1.54, 1.807) is 11.2 Å². The van der Waals surface area contributed by atoms with Crippen LogP contribution in [0.1, 0.15) is 12.1 Å². The fourth-order valence-electron chi connectivity index (χ4n) is 3.00. The average molecular weight is 299 g/mol. The number of aryl methyl sites for hydroxylation is 1. The first-order valence-corrected chi connectivity index (χ1v) is 8.48. The smallest absolute Gasteiger partial charge is 0.246 e. The van der Waals surface area contributed by atoms with Gasteiger partial charge in [0, 0.05) is 38.8 Å². The van der Waals surface area contributed by atoms with Crippen molar-refractivity contribution in [3.05, 3.63) is 11.9 Å². The third kappa shape index (κ3) is 2.48. The van der Waals surface area contributed by atoms with E-state index in [1.165, 1.54) is 6.20 Å². The number of piperazine rings is 1. The van der Waals surface area contributed by atoms with Gasteiger partial charge in [-0.05, 0) is 19.9 Å². The lowest BCUT2D eigenvalue weighted by Crippen LogP contribution is -2.52. The van der Waals surface area contributed by atoms with Gasteiger partial charge in [-0.15, -0.1) is 0 Å². The first-order valence-electron chi connectivity index (χ1n) is 7.04. The first-order chi connectivity index (χ1) is 9.59. The second kappa shape index (κ2) is 5.44. The number of nitrogens with zero attached hydrogens (tertiary/aromatic N) is 3. The molecule has 3 heterocycles. The molecule has 2 aliphatic rings. The molecule has 0 radical (unpaired) electrons. The van der Waals surface area contributed by atoms with Crippen LogP contribution in [0.15, 0.2) is 11.1 Å². The van der Waals surface area contributed by atoms with Crippen LogP contribution in [0.3, 0.4) is 0 Å². The van der Waals surface area contributed by atoms with Crippen molar-refractivity contribution in [1.82, 2.24) is 24.7 Å². The molecule has 1 aromatic rings. The zero-order valence-electron chi connectivity index (χ0n) is 11.7. The molecule has 2 fully saturated rings. The first kappa shape index (κ1) is 14.0. The number of aromatic nitrogens is 2. The summed E-state index contributed by atoms with van der Waals surface area (Å²) in [5.41, 5.74) is 0.604. The van der Waals surface area contributed by atoms with Crippen molar-refractivity contribution in [1.29, 1.82) is 0 Å². The van der Waals surface area contributed by atoms with Crippen molar-refractivity contribution >= 4 is 10.0 Å². The highest BCUT2D eigenvalue weighted by molar-refractivity contribution is 7.89. The average Bonchev–Trinajstić information content (AvgIpc) is 3.10. The van der Waals surface area contributed by atoms with Gasteiger partial charge in [0.2, 0.25) is 10.0 Å². The van der Waals surface area contributed by atoms with Gasteiger partial charge in [-0.2, -0.15) is 9.40 Å². The lowest BCUT2D eigenvalue weighted by Gasteiger charge is -2.37. The second-order valence-electron chi connectivity index (χ2n) is 5.45. The number of nitrogens with one attached hydrogen (secondary N) is 2. The molecule has 2 saturated heterocycles. The highest BCUT2D eigenvalue weighted by Gasteiger charge is 2.33. The molecule has 0 saturated carbocycles. The molecule has 2 N–H and O–H groups in total. The molecule has 1 unspecified atom stereocenters. The minimum Gasteiger partial charge on any atom is -0.315 e. The molecule has 0 aromatic carbocycles. The van der Waals surface area contributed by atoms with Crippen molar-refractivity contribution in [3.8, 4) is 0 Å². The zero-order chi connectivity index (χ0) is 14.2. The maximum atomic E-state index is 12.5. The lowest BCUT2D eigenvalue weighted by atomic mass is 10.2. The van der Waals surface area contributed by atoms with E-state index >= 15 is 0 Å². The zero-order valence-corrected chi connectivity index (χ0v) is 12.5. The largest absolute Gasteiger partial charge is 0.315 e. The number of rotatable bonds is 3. The van der Waals surface area contributed by atoms with Crippen LogP contribution < -0.4 is 5.32 Å². The SMILES string of the molecule is Cc1[nH]ncc1S(=O)(=O)N1CCN(C2CCNC2)CC1. The maximum Gasteiger partial charge on any atom is 0.246 e. The molecule has 7 nitrogen and oxygen atoms in total. The van der Waals surface area contributed by atoms with Gasteiger partial charge in [0.15, 0.2) is 0 Å². The highest BCUT2D eigenvalue weighted by atomic mass is 32.2. The molecule has 0 bridgehead atoms. The van der Waals surface area contributed by atoms with Crippen LogP contribution in [0.5, 0.6) is 0 Å². The lowest BCUT2D eigenvalue weighted by molar-refractivity contribution is 0.145. The van der Waals surface area contributed by atoms with Gasteiger partial charge in [-0.25, -0.2) is 8.42 Å². The van der Waals surface area contributed by atoms with Crippen molar-refractivity contribution < 1.29 is 8.42 Å². The Morgan fingerprint density at radius 2 is 2.05 bits per heavy atom. The summed E-state index contributed by atoms with van der Waals surface area (Å²) in [5.74, 6) is 0. The third-order valence-electron chi connectivity index (χ3n) is 4.23. The van der Waals surface area contributed by atoms with Crippen LogP contribution in [0.4, 0.5) is 0 Å². The molecule has 20 heavy (non-hydrogen) atoms. The fraction of sp³-hybridized carbons (Fsp3) is 0.750. The molecule has 2 aliphatic heterocycles. The molecule has 0 spiro atoms. The summed E-state index contributed by atoms with van der Waals surface area (Å²) >= 11 is 0. The van der Waals surface area contributed by atoms with Gasteiger partial charge in [0.25, 0.3) is 0 Å². The van der Waals surface area contributed by atoms with Gasteiger partial charge in [-0.1, -0.05) is 0 Å². The van der Waals surface area contributed by atoms with E-state index in [9.17, 15) is 8.42 Å². The number of H-pyrrole nitrogens is 1. The van der Waals surface area contributed by atoms with E-state index < -0.39 is 10.0 Å². The minimum absolute atomic E-state index is 0.300. The monoisotopic (exact) mass is 299 g/mol. The van der Waals surface area contributed by atoms with Crippen LogP contribution in [0.25, 0.3) is 0 Å². The number of sulfonamides is 1. The number of hydrogen-bond acceptors (Lipinski definition) is 5. The van der Waals surface area contributed by atoms with Gasteiger partial charge in [-0.3, -0.25) is 10.00 Å². The Morgan fingerprint density at radius 3 is 2.60 bits per heavy atom. The predicted octanol–water partition coefficient (Wildman–Crippen LogP) is -0.614. The van der Waals surface area contributed by atoms with Crippen molar-refractivity contribution in [3.63, 3.8) is 0 Å². The molecule has 0 amide bonds. The Balaban J connectivity index is 1.67. The van der Waals surface area contributed by atoms with Gasteiger partial charge < -0.3 is 5.32 Å². The third-order valence-corrected chi connectivity index (χ3v) is 6.24. The molecule has 1 atom stereocenters. The predicted molar refractivity (Wildman–Crippen MR) is 74.9 cm³/mol. The molecular formula is C12H21N5O2S. The van der Waals surface area contributed by atoms with Crippen molar-refractivity contribution in [2.24, 2.45) is 0 Å². The molecule has 112 valence electrons. The van der Waals surface area contributed by atoms with Crippen LogP contribution in [-0.4, -0.2) is 73.1 Å². The quantitative estimate of drug-likeness (QED) is 0.778. The van der Waals surface area contributed by atoms with Crippen LogP contribution >= 0.6 is 0 Å². The molecule has 1 aromatic heterocycles. The summed E-state index contributed by atoms with van der Waals surface area (Å²) in [4.78, 5) is 2.70. The van der Waals surface area contributed by atoms with E-state index in [0.717, 1.165) is 32.6 Å². The van der Waals surface area contributed by atoms with E-state index in [-0.39, 0.29) is 0 Å². The van der Waals surface area contributed by atoms with Crippen molar-refractivity contribution in [2.75, 3.05) is 39.3 Å². The Labute approximate surface area is 119 Å². The molecule has 0 aliphatic carbocycles. The number of aromatic amines is 1.